The van der Waals surface area contributed by atoms with Crippen molar-refractivity contribution in [1.29, 1.82) is 0 Å². The van der Waals surface area contributed by atoms with Gasteiger partial charge in [-0.15, -0.1) is 0 Å². The molecule has 0 aliphatic carbocycles. The second kappa shape index (κ2) is 5.29. The summed E-state index contributed by atoms with van der Waals surface area (Å²) in [4.78, 5) is 10.1. The average molecular weight is 181 g/mol. The zero-order chi connectivity index (χ0) is 8.85. The average Bonchev–Trinajstić information content (AvgIpc) is 1.99. The summed E-state index contributed by atoms with van der Waals surface area (Å²) in [7, 11) is -1.99. The van der Waals surface area contributed by atoms with E-state index in [1.54, 1.807) is 0 Å². The number of nitrogens with two attached hydrogens (primary N) is 1. The fourth-order valence-electron chi connectivity index (χ4n) is 0.519. The van der Waals surface area contributed by atoms with Crippen molar-refractivity contribution in [3.63, 3.8) is 0 Å². The molecule has 66 valence electrons. The van der Waals surface area contributed by atoms with Crippen molar-refractivity contribution in [2.24, 2.45) is 5.73 Å². The van der Waals surface area contributed by atoms with Crippen LogP contribution < -0.4 is 5.73 Å². The molecule has 0 aromatic rings. The van der Waals surface area contributed by atoms with Crippen LogP contribution >= 0.6 is 7.80 Å². The van der Waals surface area contributed by atoms with E-state index in [0.717, 1.165) is 0 Å². The molecule has 0 spiro atoms. The van der Waals surface area contributed by atoms with Gasteiger partial charge in [-0.25, -0.2) is 0 Å². The minimum atomic E-state index is -1.99. The molecule has 0 saturated heterocycles. The molecular weight excluding hydrogens is 169 g/mol. The van der Waals surface area contributed by atoms with Crippen molar-refractivity contribution < 1.29 is 19.6 Å². The molecule has 0 aliphatic heterocycles. The maximum Gasteiger partial charge on any atom is 0.320 e. The molecule has 0 amide bonds. The number of carboxylic acids is 1. The van der Waals surface area contributed by atoms with Crippen LogP contribution in [0.2, 0.25) is 0 Å². The van der Waals surface area contributed by atoms with Gasteiger partial charge in [0.15, 0.2) is 0 Å². The molecule has 0 saturated carbocycles. The molecule has 0 aliphatic rings. The number of aliphatic carboxylic acids is 1. The summed E-state index contributed by atoms with van der Waals surface area (Å²) < 4.78 is 10.6. The number of hydrogen-bond donors (Lipinski definition) is 3. The zero-order valence-electron chi connectivity index (χ0n) is 5.99. The van der Waals surface area contributed by atoms with Gasteiger partial charge in [0.1, 0.15) is 13.8 Å². The summed E-state index contributed by atoms with van der Waals surface area (Å²) in [6.45, 7) is 0. The second-order valence-electron chi connectivity index (χ2n) is 2.18. The van der Waals surface area contributed by atoms with Crippen molar-refractivity contribution in [2.45, 2.75) is 12.5 Å². The van der Waals surface area contributed by atoms with Crippen LogP contribution in [-0.2, 0) is 9.36 Å². The highest BCUT2D eigenvalue weighted by Gasteiger charge is 2.11. The lowest BCUT2D eigenvalue weighted by atomic mass is 10.2. The van der Waals surface area contributed by atoms with Gasteiger partial charge in [0.2, 0.25) is 0 Å². The van der Waals surface area contributed by atoms with Gasteiger partial charge in [-0.2, -0.15) is 0 Å². The SMILES string of the molecule is N[C@@H](CC[PH](=O)CO)C(=O)O. The van der Waals surface area contributed by atoms with Crippen molar-refractivity contribution in [1.82, 2.24) is 0 Å². The molecule has 0 fully saturated rings. The molecule has 6 heteroatoms. The Hall–Kier alpha value is -0.380. The molecule has 0 radical (unpaired) electrons. The molecule has 0 bridgehead atoms. The monoisotopic (exact) mass is 181 g/mol. The van der Waals surface area contributed by atoms with Crippen LogP contribution in [0, 0.1) is 0 Å². The highest BCUT2D eigenvalue weighted by molar-refractivity contribution is 7.44. The van der Waals surface area contributed by atoms with Gasteiger partial charge in [0, 0.05) is 6.16 Å². The number of carbonyl (C=O) groups is 1. The lowest BCUT2D eigenvalue weighted by molar-refractivity contribution is -0.138. The minimum absolute atomic E-state index is 0.160. The van der Waals surface area contributed by atoms with Crippen LogP contribution in [0.25, 0.3) is 0 Å². The third kappa shape index (κ3) is 4.95. The van der Waals surface area contributed by atoms with Crippen LogP contribution in [0.5, 0.6) is 0 Å². The molecule has 4 N–H and O–H groups in total. The Bertz CT molecular complexity index is 161. The van der Waals surface area contributed by atoms with E-state index >= 15 is 0 Å². The van der Waals surface area contributed by atoms with Crippen molar-refractivity contribution >= 4 is 13.8 Å². The van der Waals surface area contributed by atoms with E-state index in [-0.39, 0.29) is 18.9 Å². The van der Waals surface area contributed by atoms with Gasteiger partial charge >= 0.3 is 5.97 Å². The molecular formula is C5H12NO4P. The predicted molar refractivity (Wildman–Crippen MR) is 41.2 cm³/mol. The van der Waals surface area contributed by atoms with Crippen molar-refractivity contribution in [3.8, 4) is 0 Å². The first-order valence-electron chi connectivity index (χ1n) is 3.19. The highest BCUT2D eigenvalue weighted by atomic mass is 31.1. The molecule has 0 heterocycles. The zero-order valence-corrected chi connectivity index (χ0v) is 6.99. The van der Waals surface area contributed by atoms with Crippen LogP contribution in [-0.4, -0.2) is 34.7 Å². The van der Waals surface area contributed by atoms with Crippen molar-refractivity contribution in [2.75, 3.05) is 12.5 Å². The van der Waals surface area contributed by atoms with E-state index in [2.05, 4.69) is 0 Å². The van der Waals surface area contributed by atoms with E-state index in [1.165, 1.54) is 0 Å². The Labute approximate surface area is 65.0 Å². The summed E-state index contributed by atoms with van der Waals surface area (Å²) in [6, 6.07) is -0.963. The predicted octanol–water partition coefficient (Wildman–Crippen LogP) is -0.702. The molecule has 2 atom stereocenters. The van der Waals surface area contributed by atoms with Crippen LogP contribution in [0.3, 0.4) is 0 Å². The number of carboxylic acid groups (broad SMARTS) is 1. The van der Waals surface area contributed by atoms with E-state index in [9.17, 15) is 9.36 Å². The highest BCUT2D eigenvalue weighted by Crippen LogP contribution is 2.19. The van der Waals surface area contributed by atoms with Gasteiger partial charge in [-0.05, 0) is 6.42 Å². The lowest BCUT2D eigenvalue weighted by Crippen LogP contribution is -2.30. The quantitative estimate of drug-likeness (QED) is 0.487. The van der Waals surface area contributed by atoms with Crippen LogP contribution in [0.4, 0.5) is 0 Å². The van der Waals surface area contributed by atoms with E-state index in [1.807, 2.05) is 0 Å². The smallest absolute Gasteiger partial charge is 0.320 e. The molecule has 0 aromatic heterocycles. The second-order valence-corrected chi connectivity index (χ2v) is 4.07. The Balaban J connectivity index is 3.54. The summed E-state index contributed by atoms with van der Waals surface area (Å²) in [5, 5.41) is 16.6. The van der Waals surface area contributed by atoms with Gasteiger partial charge in [0.05, 0.1) is 6.35 Å². The fourth-order valence-corrected chi connectivity index (χ4v) is 1.31. The Kier molecular flexibility index (Phi) is 5.11. The maximum atomic E-state index is 10.6. The summed E-state index contributed by atoms with van der Waals surface area (Å²) in [5.74, 6) is -1.10. The number of aliphatic hydroxyl groups excluding tert-OH is 1. The first-order chi connectivity index (χ1) is 5.07. The first kappa shape index (κ1) is 10.6. The van der Waals surface area contributed by atoms with Crippen LogP contribution in [0.1, 0.15) is 6.42 Å². The third-order valence-corrected chi connectivity index (χ3v) is 2.43. The number of hydrogen-bond acceptors (Lipinski definition) is 4. The maximum absolute atomic E-state index is 10.6. The Morgan fingerprint density at radius 1 is 1.64 bits per heavy atom. The van der Waals surface area contributed by atoms with E-state index < -0.39 is 19.8 Å². The molecule has 0 rings (SSSR count). The number of aliphatic hydroxyl groups is 1. The van der Waals surface area contributed by atoms with Crippen molar-refractivity contribution in [3.05, 3.63) is 0 Å². The Morgan fingerprint density at radius 3 is 2.55 bits per heavy atom. The third-order valence-electron chi connectivity index (χ3n) is 1.23. The van der Waals surface area contributed by atoms with Gasteiger partial charge in [-0.1, -0.05) is 0 Å². The summed E-state index contributed by atoms with van der Waals surface area (Å²) >= 11 is 0. The normalized spacial score (nSPS) is 15.8. The molecule has 0 aromatic carbocycles. The standard InChI is InChI=1S/C5H12NO4P/c6-4(5(8)9)1-2-11(10)3-7/h4,7,11H,1-3,6H2,(H,8,9)/t4-/m0/s1. The molecule has 11 heavy (non-hydrogen) atoms. The summed E-state index contributed by atoms with van der Waals surface area (Å²) in [6.07, 6.45) is -0.000666. The van der Waals surface area contributed by atoms with Gasteiger partial charge in [-0.3, -0.25) is 4.79 Å². The largest absolute Gasteiger partial charge is 0.480 e. The topological polar surface area (TPSA) is 101 Å². The summed E-state index contributed by atoms with van der Waals surface area (Å²) in [5.41, 5.74) is 5.12. The van der Waals surface area contributed by atoms with Crippen LogP contribution in [0.15, 0.2) is 0 Å². The van der Waals surface area contributed by atoms with E-state index in [4.69, 9.17) is 15.9 Å². The minimum Gasteiger partial charge on any atom is -0.480 e. The Morgan fingerprint density at radius 2 is 2.18 bits per heavy atom. The number of rotatable bonds is 5. The molecule has 5 nitrogen and oxygen atoms in total. The van der Waals surface area contributed by atoms with Gasteiger partial charge in [0.25, 0.3) is 0 Å². The van der Waals surface area contributed by atoms with E-state index in [0.29, 0.717) is 0 Å². The first-order valence-corrected chi connectivity index (χ1v) is 5.01. The van der Waals surface area contributed by atoms with Gasteiger partial charge < -0.3 is 20.5 Å². The lowest BCUT2D eigenvalue weighted by Gasteiger charge is -2.03. The fraction of sp³-hybridized carbons (Fsp3) is 0.800. The molecule has 1 unspecified atom stereocenters.